The van der Waals surface area contributed by atoms with Crippen LogP contribution in [0.4, 0.5) is 9.18 Å². The highest BCUT2D eigenvalue weighted by atomic mass is 19.1. The molecule has 0 radical (unpaired) electrons. The van der Waals surface area contributed by atoms with E-state index in [1.807, 2.05) is 18.2 Å². The van der Waals surface area contributed by atoms with Crippen LogP contribution < -0.4 is 14.8 Å². The molecule has 0 spiro atoms. The van der Waals surface area contributed by atoms with Gasteiger partial charge in [0.25, 0.3) is 0 Å². The van der Waals surface area contributed by atoms with Crippen molar-refractivity contribution in [2.45, 2.75) is 71.3 Å². The molecular weight excluding hydrogens is 453 g/mol. The summed E-state index contributed by atoms with van der Waals surface area (Å²) in [6.45, 7) is 8.87. The van der Waals surface area contributed by atoms with Crippen LogP contribution in [0.15, 0.2) is 48.5 Å². The molecule has 3 rings (SSSR count). The van der Waals surface area contributed by atoms with E-state index in [0.717, 1.165) is 12.8 Å². The Bertz CT molecular complexity index is 1000. The number of para-hydroxylation sites is 1. The fourth-order valence-corrected chi connectivity index (χ4v) is 3.31. The molecule has 0 aromatic heterocycles. The number of halogens is 1. The topological polar surface area (TPSA) is 83.1 Å². The fraction of sp³-hybridized carbons (Fsp3) is 0.481. The monoisotopic (exact) mass is 487 g/mol. The van der Waals surface area contributed by atoms with Gasteiger partial charge in [-0.05, 0) is 77.6 Å². The lowest BCUT2D eigenvalue weighted by Crippen LogP contribution is -2.43. The molecule has 0 bridgehead atoms. The molecule has 35 heavy (non-hydrogen) atoms. The number of nitrogens with one attached hydrogen (secondary N) is 1. The summed E-state index contributed by atoms with van der Waals surface area (Å²) in [5.41, 5.74) is -0.140. The number of esters is 1. The Morgan fingerprint density at radius 2 is 1.77 bits per heavy atom. The lowest BCUT2D eigenvalue weighted by molar-refractivity contribution is -0.155. The summed E-state index contributed by atoms with van der Waals surface area (Å²) in [6, 6.07) is 12.3. The first-order valence-corrected chi connectivity index (χ1v) is 11.9. The Morgan fingerprint density at radius 1 is 1.09 bits per heavy atom. The Hall–Kier alpha value is -3.29. The van der Waals surface area contributed by atoms with Crippen LogP contribution in [0.25, 0.3) is 0 Å². The van der Waals surface area contributed by atoms with E-state index in [1.54, 1.807) is 45.9 Å². The van der Waals surface area contributed by atoms with Crippen molar-refractivity contribution in [1.29, 1.82) is 0 Å². The predicted molar refractivity (Wildman–Crippen MR) is 129 cm³/mol. The van der Waals surface area contributed by atoms with Gasteiger partial charge in [0.1, 0.15) is 35.1 Å². The van der Waals surface area contributed by atoms with Gasteiger partial charge >= 0.3 is 12.1 Å². The van der Waals surface area contributed by atoms with Gasteiger partial charge in [-0.25, -0.2) is 14.0 Å². The number of benzene rings is 2. The van der Waals surface area contributed by atoms with Crippen molar-refractivity contribution in [3.05, 3.63) is 59.9 Å². The molecule has 0 saturated heterocycles. The van der Waals surface area contributed by atoms with Crippen LogP contribution in [0.5, 0.6) is 11.5 Å². The van der Waals surface area contributed by atoms with Crippen molar-refractivity contribution in [3.63, 3.8) is 0 Å². The molecule has 1 amide bonds. The van der Waals surface area contributed by atoms with Crippen molar-refractivity contribution in [2.75, 3.05) is 6.61 Å². The number of hydrogen-bond acceptors (Lipinski definition) is 6. The van der Waals surface area contributed by atoms with Gasteiger partial charge in [0.2, 0.25) is 0 Å². The summed E-state index contributed by atoms with van der Waals surface area (Å²) < 4.78 is 37.1. The predicted octanol–water partition coefficient (Wildman–Crippen LogP) is 5.58. The molecule has 1 aliphatic rings. The molecule has 1 fully saturated rings. The van der Waals surface area contributed by atoms with Crippen LogP contribution in [-0.4, -0.2) is 36.4 Å². The van der Waals surface area contributed by atoms with E-state index in [4.69, 9.17) is 18.9 Å². The van der Waals surface area contributed by atoms with Gasteiger partial charge in [0.05, 0.1) is 6.61 Å². The Kier molecular flexibility index (Phi) is 8.59. The number of alkyl carbamates (subject to hydrolysis) is 1. The van der Waals surface area contributed by atoms with E-state index < -0.39 is 41.7 Å². The van der Waals surface area contributed by atoms with Gasteiger partial charge < -0.3 is 24.3 Å². The van der Waals surface area contributed by atoms with E-state index in [9.17, 15) is 14.0 Å². The van der Waals surface area contributed by atoms with E-state index in [0.29, 0.717) is 29.6 Å². The highest BCUT2D eigenvalue weighted by Crippen LogP contribution is 2.36. The van der Waals surface area contributed by atoms with E-state index in [2.05, 4.69) is 5.32 Å². The van der Waals surface area contributed by atoms with Gasteiger partial charge in [-0.1, -0.05) is 18.2 Å². The Morgan fingerprint density at radius 3 is 2.40 bits per heavy atom. The molecule has 1 aliphatic carbocycles. The van der Waals surface area contributed by atoms with Gasteiger partial charge in [0, 0.05) is 11.6 Å². The summed E-state index contributed by atoms with van der Waals surface area (Å²) in [7, 11) is 0. The van der Waals surface area contributed by atoms with Crippen LogP contribution in [-0.2, 0) is 14.3 Å². The lowest BCUT2D eigenvalue weighted by Gasteiger charge is -2.28. The van der Waals surface area contributed by atoms with Gasteiger partial charge in [-0.3, -0.25) is 0 Å². The third-order valence-corrected chi connectivity index (χ3v) is 5.28. The molecule has 7 nitrogen and oxygen atoms in total. The molecule has 1 saturated carbocycles. The largest absolute Gasteiger partial charge is 0.493 e. The summed E-state index contributed by atoms with van der Waals surface area (Å²) >= 11 is 0. The molecule has 2 aromatic carbocycles. The third-order valence-electron chi connectivity index (χ3n) is 5.28. The third kappa shape index (κ3) is 8.46. The molecule has 1 N–H and O–H groups in total. The summed E-state index contributed by atoms with van der Waals surface area (Å²) in [6.07, 6.45) is -0.124. The second kappa shape index (κ2) is 11.4. The molecule has 0 aliphatic heterocycles. The molecule has 0 unspecified atom stereocenters. The number of amides is 1. The van der Waals surface area contributed by atoms with Crippen molar-refractivity contribution >= 4 is 12.1 Å². The number of rotatable bonds is 10. The van der Waals surface area contributed by atoms with Gasteiger partial charge in [0.15, 0.2) is 6.10 Å². The number of hydrogen-bond donors (Lipinski definition) is 1. The summed E-state index contributed by atoms with van der Waals surface area (Å²) in [5.74, 6) is 0.276. The highest BCUT2D eigenvalue weighted by molar-refractivity contribution is 5.81. The first kappa shape index (κ1) is 26.3. The zero-order valence-corrected chi connectivity index (χ0v) is 20.9. The summed E-state index contributed by atoms with van der Waals surface area (Å²) in [4.78, 5) is 24.8. The fourth-order valence-electron chi connectivity index (χ4n) is 3.31. The van der Waals surface area contributed by atoms with Crippen LogP contribution in [0.1, 0.15) is 59.1 Å². The average molecular weight is 488 g/mol. The standard InChI is InChI=1S/C27H34FNO6/c1-17(29-26(31)35-27(3,4)5)25(30)33-18(2)24(34-21-9-7-6-8-10-21)22-14-13-20(28)15-23(22)32-16-19-11-12-19/h6-10,13-15,17-19,24H,11-12,16H2,1-5H3,(H,29,31)/t17-,18-,24-/m0/s1. The smallest absolute Gasteiger partial charge is 0.408 e. The lowest BCUT2D eigenvalue weighted by atomic mass is 10.0. The zero-order chi connectivity index (χ0) is 25.6. The SMILES string of the molecule is C[C@H](NC(=O)OC(C)(C)C)C(=O)O[C@@H](C)[C@H](Oc1ccccc1)c1ccc(F)cc1OCC1CC1. The minimum Gasteiger partial charge on any atom is -0.493 e. The first-order chi connectivity index (χ1) is 16.5. The second-order valence-electron chi connectivity index (χ2n) is 9.80. The van der Waals surface area contributed by atoms with Gasteiger partial charge in [-0.2, -0.15) is 0 Å². The second-order valence-corrected chi connectivity index (χ2v) is 9.80. The normalized spacial score (nSPS) is 15.9. The average Bonchev–Trinajstić information content (AvgIpc) is 3.60. The number of carbonyl (C=O) groups is 2. The van der Waals surface area contributed by atoms with Crippen LogP contribution in [0, 0.1) is 11.7 Å². The van der Waals surface area contributed by atoms with Crippen molar-refractivity contribution in [1.82, 2.24) is 5.32 Å². The van der Waals surface area contributed by atoms with Crippen molar-refractivity contribution in [2.24, 2.45) is 5.92 Å². The van der Waals surface area contributed by atoms with Crippen LogP contribution >= 0.6 is 0 Å². The number of ether oxygens (including phenoxy) is 4. The maximum atomic E-state index is 14.1. The first-order valence-electron chi connectivity index (χ1n) is 11.9. The quantitative estimate of drug-likeness (QED) is 0.441. The number of carbonyl (C=O) groups excluding carboxylic acids is 2. The van der Waals surface area contributed by atoms with E-state index >= 15 is 0 Å². The van der Waals surface area contributed by atoms with Crippen molar-refractivity contribution < 1.29 is 32.9 Å². The molecular formula is C27H34FNO6. The van der Waals surface area contributed by atoms with Crippen LogP contribution in [0.2, 0.25) is 0 Å². The van der Waals surface area contributed by atoms with Crippen molar-refractivity contribution in [3.8, 4) is 11.5 Å². The van der Waals surface area contributed by atoms with E-state index in [-0.39, 0.29) is 0 Å². The van der Waals surface area contributed by atoms with Gasteiger partial charge in [-0.15, -0.1) is 0 Å². The van der Waals surface area contributed by atoms with E-state index in [1.165, 1.54) is 19.1 Å². The Labute approximate surface area is 205 Å². The molecule has 8 heteroatoms. The van der Waals surface area contributed by atoms with Crippen LogP contribution in [0.3, 0.4) is 0 Å². The molecule has 2 aromatic rings. The Balaban J connectivity index is 1.78. The zero-order valence-electron chi connectivity index (χ0n) is 20.9. The maximum Gasteiger partial charge on any atom is 0.408 e. The summed E-state index contributed by atoms with van der Waals surface area (Å²) in [5, 5.41) is 2.48. The minimum atomic E-state index is -0.955. The molecule has 3 atom stereocenters. The molecule has 190 valence electrons. The minimum absolute atomic E-state index is 0.348. The maximum absolute atomic E-state index is 14.1. The highest BCUT2D eigenvalue weighted by Gasteiger charge is 2.31. The molecule has 0 heterocycles.